The van der Waals surface area contributed by atoms with Crippen molar-refractivity contribution in [2.24, 2.45) is 0 Å². The Labute approximate surface area is 301 Å². The predicted molar refractivity (Wildman–Crippen MR) is 182 cm³/mol. The number of hydrogen-bond acceptors (Lipinski definition) is 14. The Balaban J connectivity index is 1.20. The van der Waals surface area contributed by atoms with Gasteiger partial charge in [0.1, 0.15) is 24.0 Å². The number of aromatic nitrogens is 3. The minimum atomic E-state index is -6.01. The van der Waals surface area contributed by atoms with Crippen LogP contribution in [-0.4, -0.2) is 71.3 Å². The number of aryl methyl sites for hydroxylation is 1. The zero-order chi connectivity index (χ0) is 38.2. The SMILES string of the molecule is CCCOP(=O)(O)OP(=O)(O)OP(=O)(O)OP(=O)(O)OCC1OC(n2ccc3nc(-c4cccc(C)c4)cn3c2=O)C2OC(Cc3ccccc3)OC12. The smallest absolute Gasteiger partial charge is 0.346 e. The van der Waals surface area contributed by atoms with Gasteiger partial charge in [-0.2, -0.15) is 12.9 Å². The number of imidazole rings is 1. The maximum atomic E-state index is 13.8. The molecule has 2 aromatic heterocycles. The maximum Gasteiger partial charge on any atom is 0.490 e. The zero-order valence-electron chi connectivity index (χ0n) is 27.9. The van der Waals surface area contributed by atoms with E-state index in [2.05, 4.69) is 22.4 Å². The molecule has 24 heteroatoms. The van der Waals surface area contributed by atoms with Crippen LogP contribution in [0.5, 0.6) is 0 Å². The van der Waals surface area contributed by atoms with Gasteiger partial charge in [0.2, 0.25) is 0 Å². The molecule has 20 nitrogen and oxygen atoms in total. The number of phosphoric ester groups is 2. The fraction of sp³-hybridized carbons (Fsp3) is 0.379. The van der Waals surface area contributed by atoms with E-state index in [0.717, 1.165) is 16.7 Å². The Morgan fingerprint density at radius 3 is 2.15 bits per heavy atom. The number of fused-ring (bicyclic) bond motifs is 2. The molecule has 4 N–H and O–H groups in total. The average Bonchev–Trinajstić information content (AvgIpc) is 3.76. The molecule has 0 amide bonds. The van der Waals surface area contributed by atoms with Crippen molar-refractivity contribution >= 4 is 36.9 Å². The standard InChI is InChI=1S/C29H35N3O17P4/c1-3-14-42-50(34,35)47-52(38,39)49-53(40,41)48-51(36,37)43-18-23-26-27(46-25(45-26)16-20-9-5-4-6-10-20)28(44-23)31-13-12-24-30-22(17-32(24)29(31)33)21-11-7-8-19(2)15-21/h4-13,15,17,23,25-28H,3,14,16,18H2,1-2H3,(H,34,35)(H,36,37)(H,38,39)(H,40,41). The summed E-state index contributed by atoms with van der Waals surface area (Å²) in [6.07, 6.45) is -1.79. The van der Waals surface area contributed by atoms with Crippen LogP contribution in [0.4, 0.5) is 0 Å². The molecule has 4 heterocycles. The number of ether oxygens (including phenoxy) is 3. The van der Waals surface area contributed by atoms with Crippen molar-refractivity contribution in [2.45, 2.75) is 57.5 Å². The molecule has 2 fully saturated rings. The molecule has 0 spiro atoms. The second-order valence-corrected chi connectivity index (χ2v) is 18.1. The fourth-order valence-electron chi connectivity index (χ4n) is 5.64. The van der Waals surface area contributed by atoms with Gasteiger partial charge in [-0.1, -0.05) is 61.0 Å². The molecular formula is C29H35N3O17P4. The first kappa shape index (κ1) is 40.0. The number of benzene rings is 2. The molecule has 288 valence electrons. The summed E-state index contributed by atoms with van der Waals surface area (Å²) in [5.41, 5.74) is 2.99. The summed E-state index contributed by atoms with van der Waals surface area (Å²) in [7, 11) is -22.8. The van der Waals surface area contributed by atoms with Crippen LogP contribution in [0.1, 0.15) is 30.7 Å². The quantitative estimate of drug-likeness (QED) is 0.112. The highest BCUT2D eigenvalue weighted by Crippen LogP contribution is 2.71. The van der Waals surface area contributed by atoms with Crippen LogP contribution in [-0.2, 0) is 60.9 Å². The summed E-state index contributed by atoms with van der Waals surface area (Å²) in [5.74, 6) is 0. The molecule has 0 radical (unpaired) electrons. The molecule has 9 atom stereocenters. The lowest BCUT2D eigenvalue weighted by molar-refractivity contribution is -0.150. The second-order valence-electron chi connectivity index (χ2n) is 11.9. The van der Waals surface area contributed by atoms with E-state index in [1.54, 1.807) is 12.3 Å². The van der Waals surface area contributed by atoms with Crippen molar-refractivity contribution in [1.29, 1.82) is 0 Å². The second kappa shape index (κ2) is 15.8. The monoisotopic (exact) mass is 821 g/mol. The Morgan fingerprint density at radius 2 is 1.47 bits per heavy atom. The van der Waals surface area contributed by atoms with Gasteiger partial charge in [-0.25, -0.2) is 28.0 Å². The summed E-state index contributed by atoms with van der Waals surface area (Å²) in [5, 5.41) is 0. The molecular weight excluding hydrogens is 786 g/mol. The molecule has 0 saturated carbocycles. The van der Waals surface area contributed by atoms with E-state index in [1.807, 2.05) is 61.5 Å². The van der Waals surface area contributed by atoms with Crippen LogP contribution in [0.2, 0.25) is 0 Å². The average molecular weight is 821 g/mol. The van der Waals surface area contributed by atoms with Crippen molar-refractivity contribution < 1.29 is 74.0 Å². The third kappa shape index (κ3) is 9.95. The fourth-order valence-corrected chi connectivity index (χ4v) is 10.7. The first-order chi connectivity index (χ1) is 24.9. The van der Waals surface area contributed by atoms with E-state index < -0.39 is 81.0 Å². The minimum absolute atomic E-state index is 0.195. The van der Waals surface area contributed by atoms with Gasteiger partial charge in [0.15, 0.2) is 12.5 Å². The third-order valence-corrected chi connectivity index (χ3v) is 13.7. The summed E-state index contributed by atoms with van der Waals surface area (Å²) < 4.78 is 91.1. The van der Waals surface area contributed by atoms with E-state index in [0.29, 0.717) is 11.3 Å². The van der Waals surface area contributed by atoms with Crippen molar-refractivity contribution in [3.8, 4) is 11.3 Å². The van der Waals surface area contributed by atoms with Gasteiger partial charge in [0.25, 0.3) is 0 Å². The number of hydrogen-bond donors (Lipinski definition) is 4. The maximum absolute atomic E-state index is 13.8. The lowest BCUT2D eigenvalue weighted by atomic mass is 10.1. The van der Waals surface area contributed by atoms with E-state index in [1.165, 1.54) is 22.1 Å². The number of phosphoric acid groups is 4. The Hall–Kier alpha value is -2.70. The van der Waals surface area contributed by atoms with Crippen molar-refractivity contribution in [2.75, 3.05) is 13.2 Å². The van der Waals surface area contributed by atoms with Crippen LogP contribution in [0.3, 0.4) is 0 Å². The third-order valence-electron chi connectivity index (χ3n) is 7.76. The topological polar surface area (TPSA) is 262 Å². The van der Waals surface area contributed by atoms with Gasteiger partial charge in [-0.15, -0.1) is 0 Å². The normalized spacial score (nSPS) is 26.0. The molecule has 4 aromatic rings. The highest BCUT2D eigenvalue weighted by atomic mass is 31.3. The molecule has 2 aliphatic heterocycles. The van der Waals surface area contributed by atoms with Gasteiger partial charge in [0, 0.05) is 24.4 Å². The number of rotatable bonds is 16. The number of nitrogens with zero attached hydrogens (tertiary/aromatic N) is 3. The van der Waals surface area contributed by atoms with Gasteiger partial charge < -0.3 is 33.8 Å². The van der Waals surface area contributed by atoms with E-state index in [4.69, 9.17) is 18.7 Å². The van der Waals surface area contributed by atoms with Crippen LogP contribution in [0, 0.1) is 6.92 Å². The molecule has 2 saturated heterocycles. The highest BCUT2D eigenvalue weighted by molar-refractivity contribution is 7.69. The van der Waals surface area contributed by atoms with Crippen LogP contribution in [0.25, 0.3) is 16.9 Å². The van der Waals surface area contributed by atoms with Gasteiger partial charge in [0.05, 0.1) is 18.9 Å². The summed E-state index contributed by atoms with van der Waals surface area (Å²) in [4.78, 5) is 57.8. The lowest BCUT2D eigenvalue weighted by Crippen LogP contribution is -2.35. The molecule has 9 unspecified atom stereocenters. The van der Waals surface area contributed by atoms with Crippen molar-refractivity contribution in [3.63, 3.8) is 0 Å². The lowest BCUT2D eigenvalue weighted by Gasteiger charge is -2.23. The molecule has 53 heavy (non-hydrogen) atoms. The summed E-state index contributed by atoms with van der Waals surface area (Å²) >= 11 is 0. The largest absolute Gasteiger partial charge is 0.490 e. The summed E-state index contributed by atoms with van der Waals surface area (Å²) in [6, 6.07) is 18.3. The highest BCUT2D eigenvalue weighted by Gasteiger charge is 2.55. The molecule has 6 rings (SSSR count). The van der Waals surface area contributed by atoms with Crippen molar-refractivity contribution in [3.05, 3.63) is 94.7 Å². The van der Waals surface area contributed by atoms with E-state index in [-0.39, 0.29) is 12.8 Å². The van der Waals surface area contributed by atoms with E-state index in [9.17, 15) is 42.6 Å². The minimum Gasteiger partial charge on any atom is -0.346 e. The van der Waals surface area contributed by atoms with Gasteiger partial charge >= 0.3 is 37.0 Å². The van der Waals surface area contributed by atoms with Crippen LogP contribution < -0.4 is 5.69 Å². The van der Waals surface area contributed by atoms with E-state index >= 15 is 0 Å². The Morgan fingerprint density at radius 1 is 0.811 bits per heavy atom. The predicted octanol–water partition coefficient (Wildman–Crippen LogP) is 4.62. The zero-order valence-corrected chi connectivity index (χ0v) is 31.4. The van der Waals surface area contributed by atoms with Gasteiger partial charge in [-0.3, -0.25) is 18.0 Å². The first-order valence-electron chi connectivity index (χ1n) is 15.8. The molecule has 0 bridgehead atoms. The Bertz CT molecular complexity index is 2200. The molecule has 2 aromatic carbocycles. The van der Waals surface area contributed by atoms with Crippen molar-refractivity contribution in [1.82, 2.24) is 14.0 Å². The first-order valence-corrected chi connectivity index (χ1v) is 21.8. The van der Waals surface area contributed by atoms with Crippen LogP contribution in [0.15, 0.2) is 77.9 Å². The Kier molecular flexibility index (Phi) is 11.9. The summed E-state index contributed by atoms with van der Waals surface area (Å²) in [6.45, 7) is 2.21. The molecule has 0 aliphatic carbocycles. The van der Waals surface area contributed by atoms with Crippen LogP contribution >= 0.6 is 31.3 Å². The molecule has 2 aliphatic rings. The van der Waals surface area contributed by atoms with Gasteiger partial charge in [-0.05, 0) is 31.0 Å².